The van der Waals surface area contributed by atoms with Crippen LogP contribution in [0.15, 0.2) is 6.07 Å². The predicted molar refractivity (Wildman–Crippen MR) is 65.8 cm³/mol. The van der Waals surface area contributed by atoms with E-state index in [0.29, 0.717) is 13.1 Å². The summed E-state index contributed by atoms with van der Waals surface area (Å²) in [5, 5.41) is 0. The van der Waals surface area contributed by atoms with Gasteiger partial charge in [-0.05, 0) is 6.54 Å². The molecule has 2 rings (SSSR count). The molecule has 2 heterocycles. The SMILES string of the molecule is CCN1CCN(c2cc(C(F)(F)F)nc(N)n2)CC1. The molecule has 0 aromatic carbocycles. The average molecular weight is 275 g/mol. The van der Waals surface area contributed by atoms with E-state index in [-0.39, 0.29) is 11.8 Å². The van der Waals surface area contributed by atoms with Gasteiger partial charge < -0.3 is 15.5 Å². The number of rotatable bonds is 2. The highest BCUT2D eigenvalue weighted by Crippen LogP contribution is 2.30. The Morgan fingerprint density at radius 1 is 1.21 bits per heavy atom. The third-order valence-electron chi connectivity index (χ3n) is 3.16. The maximum atomic E-state index is 12.7. The highest BCUT2D eigenvalue weighted by atomic mass is 19.4. The summed E-state index contributed by atoms with van der Waals surface area (Å²) in [7, 11) is 0. The van der Waals surface area contributed by atoms with Crippen molar-refractivity contribution in [2.24, 2.45) is 0 Å². The Hall–Kier alpha value is -1.57. The van der Waals surface area contributed by atoms with Crippen LogP contribution in [0.2, 0.25) is 0 Å². The Balaban J connectivity index is 2.19. The molecule has 1 saturated heterocycles. The van der Waals surface area contributed by atoms with Gasteiger partial charge in [-0.15, -0.1) is 0 Å². The highest BCUT2D eigenvalue weighted by Gasteiger charge is 2.34. The number of alkyl halides is 3. The number of aromatic nitrogens is 2. The van der Waals surface area contributed by atoms with Gasteiger partial charge >= 0.3 is 6.18 Å². The maximum Gasteiger partial charge on any atom is 0.433 e. The molecule has 8 heteroatoms. The molecule has 1 aliphatic rings. The van der Waals surface area contributed by atoms with Crippen molar-refractivity contribution >= 4 is 11.8 Å². The summed E-state index contributed by atoms with van der Waals surface area (Å²) in [6.07, 6.45) is -4.50. The van der Waals surface area contributed by atoms with Crippen molar-refractivity contribution < 1.29 is 13.2 Å². The van der Waals surface area contributed by atoms with E-state index in [0.717, 1.165) is 25.7 Å². The first-order chi connectivity index (χ1) is 8.90. The zero-order valence-electron chi connectivity index (χ0n) is 10.6. The smallest absolute Gasteiger partial charge is 0.368 e. The first-order valence-electron chi connectivity index (χ1n) is 6.09. The number of hydrogen-bond donors (Lipinski definition) is 1. The molecule has 0 saturated carbocycles. The molecule has 0 aliphatic carbocycles. The van der Waals surface area contributed by atoms with Crippen molar-refractivity contribution in [3.63, 3.8) is 0 Å². The zero-order chi connectivity index (χ0) is 14.0. The summed E-state index contributed by atoms with van der Waals surface area (Å²) in [6.45, 7) is 5.89. The van der Waals surface area contributed by atoms with E-state index < -0.39 is 11.9 Å². The Kier molecular flexibility index (Phi) is 3.79. The topological polar surface area (TPSA) is 58.3 Å². The summed E-state index contributed by atoms with van der Waals surface area (Å²) >= 11 is 0. The number of nitrogens with two attached hydrogens (primary N) is 1. The summed E-state index contributed by atoms with van der Waals surface area (Å²) in [5.74, 6) is -0.0988. The van der Waals surface area contributed by atoms with Gasteiger partial charge in [0.1, 0.15) is 5.82 Å². The molecule has 0 atom stereocenters. The Morgan fingerprint density at radius 2 is 1.84 bits per heavy atom. The molecule has 0 amide bonds. The van der Waals surface area contributed by atoms with E-state index in [1.807, 2.05) is 0 Å². The second-order valence-electron chi connectivity index (χ2n) is 4.39. The van der Waals surface area contributed by atoms with Crippen molar-refractivity contribution in [2.45, 2.75) is 13.1 Å². The third-order valence-corrected chi connectivity index (χ3v) is 3.16. The van der Waals surface area contributed by atoms with Gasteiger partial charge in [0.05, 0.1) is 0 Å². The number of likely N-dealkylation sites (N-methyl/N-ethyl adjacent to an activating group) is 1. The molecule has 106 valence electrons. The summed E-state index contributed by atoms with van der Waals surface area (Å²) < 4.78 is 38.0. The molecule has 1 aromatic heterocycles. The number of hydrogen-bond acceptors (Lipinski definition) is 5. The van der Waals surface area contributed by atoms with E-state index >= 15 is 0 Å². The molecule has 0 unspecified atom stereocenters. The maximum absolute atomic E-state index is 12.7. The second kappa shape index (κ2) is 5.20. The summed E-state index contributed by atoms with van der Waals surface area (Å²) in [6, 6.07) is 0.956. The molecule has 1 aliphatic heterocycles. The minimum atomic E-state index is -4.50. The Bertz CT molecular complexity index is 440. The zero-order valence-corrected chi connectivity index (χ0v) is 10.6. The lowest BCUT2D eigenvalue weighted by Gasteiger charge is -2.34. The average Bonchev–Trinajstić information content (AvgIpc) is 2.37. The van der Waals surface area contributed by atoms with Crippen molar-refractivity contribution in [3.05, 3.63) is 11.8 Å². The Labute approximate surface area is 109 Å². The van der Waals surface area contributed by atoms with Crippen LogP contribution in [0.3, 0.4) is 0 Å². The Morgan fingerprint density at radius 3 is 2.37 bits per heavy atom. The fraction of sp³-hybridized carbons (Fsp3) is 0.636. The minimum Gasteiger partial charge on any atom is -0.368 e. The molecular formula is C11H16F3N5. The van der Waals surface area contributed by atoms with Crippen LogP contribution in [0.4, 0.5) is 24.9 Å². The number of anilines is 2. The van der Waals surface area contributed by atoms with E-state index in [4.69, 9.17) is 5.73 Å². The molecule has 5 nitrogen and oxygen atoms in total. The fourth-order valence-electron chi connectivity index (χ4n) is 2.05. The fourth-order valence-corrected chi connectivity index (χ4v) is 2.05. The molecule has 1 aromatic rings. The van der Waals surface area contributed by atoms with Gasteiger partial charge in [0.25, 0.3) is 0 Å². The van der Waals surface area contributed by atoms with Crippen molar-refractivity contribution in [1.29, 1.82) is 0 Å². The van der Waals surface area contributed by atoms with Gasteiger partial charge in [0.15, 0.2) is 5.69 Å². The van der Waals surface area contributed by atoms with Crippen LogP contribution < -0.4 is 10.6 Å². The molecular weight excluding hydrogens is 259 g/mol. The van der Waals surface area contributed by atoms with Crippen LogP contribution in [0, 0.1) is 0 Å². The van der Waals surface area contributed by atoms with Crippen LogP contribution >= 0.6 is 0 Å². The van der Waals surface area contributed by atoms with Gasteiger partial charge in [0, 0.05) is 32.2 Å². The van der Waals surface area contributed by atoms with Crippen LogP contribution in [0.5, 0.6) is 0 Å². The number of nitrogen functional groups attached to an aromatic ring is 1. The van der Waals surface area contributed by atoms with E-state index in [9.17, 15) is 13.2 Å². The largest absolute Gasteiger partial charge is 0.433 e. The van der Waals surface area contributed by atoms with E-state index in [1.165, 1.54) is 0 Å². The number of halogens is 3. The first-order valence-corrected chi connectivity index (χ1v) is 6.09. The molecule has 19 heavy (non-hydrogen) atoms. The predicted octanol–water partition coefficient (Wildman–Crippen LogP) is 1.22. The van der Waals surface area contributed by atoms with Crippen molar-refractivity contribution in [3.8, 4) is 0 Å². The van der Waals surface area contributed by atoms with Crippen LogP contribution in [0.25, 0.3) is 0 Å². The first kappa shape index (κ1) is 13.9. The van der Waals surface area contributed by atoms with Crippen molar-refractivity contribution in [1.82, 2.24) is 14.9 Å². The lowest BCUT2D eigenvalue weighted by Crippen LogP contribution is -2.46. The molecule has 1 fully saturated rings. The normalized spacial score (nSPS) is 17.8. The second-order valence-corrected chi connectivity index (χ2v) is 4.39. The highest BCUT2D eigenvalue weighted by molar-refractivity contribution is 5.44. The van der Waals surface area contributed by atoms with E-state index in [2.05, 4.69) is 21.8 Å². The third kappa shape index (κ3) is 3.25. The molecule has 0 bridgehead atoms. The van der Waals surface area contributed by atoms with Crippen LogP contribution in [-0.4, -0.2) is 47.6 Å². The van der Waals surface area contributed by atoms with Crippen molar-refractivity contribution in [2.75, 3.05) is 43.4 Å². The minimum absolute atomic E-state index is 0.246. The lowest BCUT2D eigenvalue weighted by atomic mass is 10.3. The quantitative estimate of drug-likeness (QED) is 0.879. The van der Waals surface area contributed by atoms with Crippen LogP contribution in [-0.2, 0) is 6.18 Å². The number of nitrogens with zero attached hydrogens (tertiary/aromatic N) is 4. The van der Waals surface area contributed by atoms with Gasteiger partial charge in [-0.25, -0.2) is 4.98 Å². The van der Waals surface area contributed by atoms with Gasteiger partial charge in [0.2, 0.25) is 5.95 Å². The molecule has 2 N–H and O–H groups in total. The number of piperazine rings is 1. The summed E-state index contributed by atoms with van der Waals surface area (Å²) in [4.78, 5) is 11.2. The van der Waals surface area contributed by atoms with Gasteiger partial charge in [-0.3, -0.25) is 0 Å². The lowest BCUT2D eigenvalue weighted by molar-refractivity contribution is -0.141. The molecule has 0 radical (unpaired) electrons. The van der Waals surface area contributed by atoms with Crippen LogP contribution in [0.1, 0.15) is 12.6 Å². The standard InChI is InChI=1S/C11H16F3N5/c1-2-18-3-5-19(6-4-18)9-7-8(11(12,13)14)16-10(15)17-9/h7H,2-6H2,1H3,(H2,15,16,17). The summed E-state index contributed by atoms with van der Waals surface area (Å²) in [5.41, 5.74) is 4.36. The van der Waals surface area contributed by atoms with Gasteiger partial charge in [-0.2, -0.15) is 18.2 Å². The molecule has 0 spiro atoms. The monoisotopic (exact) mass is 275 g/mol. The van der Waals surface area contributed by atoms with Gasteiger partial charge in [-0.1, -0.05) is 6.92 Å². The van der Waals surface area contributed by atoms with E-state index in [1.54, 1.807) is 4.90 Å².